The van der Waals surface area contributed by atoms with Crippen molar-refractivity contribution >= 4 is 38.4 Å². The summed E-state index contributed by atoms with van der Waals surface area (Å²) < 4.78 is 45.7. The summed E-state index contributed by atoms with van der Waals surface area (Å²) in [5, 5.41) is 3.12. The Kier molecular flexibility index (Phi) is 6.42. The van der Waals surface area contributed by atoms with Crippen LogP contribution < -0.4 is 10.1 Å². The third kappa shape index (κ3) is 3.68. The van der Waals surface area contributed by atoms with Gasteiger partial charge < -0.3 is 10.1 Å². The maximum absolute atomic E-state index is 13.7. The summed E-state index contributed by atoms with van der Waals surface area (Å²) in [7, 11) is -2.42. The number of piperazine rings is 1. The van der Waals surface area contributed by atoms with Crippen molar-refractivity contribution in [2.75, 3.05) is 26.7 Å². The number of ether oxygens (including phenoxy) is 1. The van der Waals surface area contributed by atoms with Crippen molar-refractivity contribution in [2.45, 2.75) is 17.9 Å². The fraction of sp³-hybridized carbons (Fsp3) is 0.500. The molecule has 1 heterocycles. The van der Waals surface area contributed by atoms with Gasteiger partial charge in [0.05, 0.1) is 11.6 Å². The second-order valence-corrected chi connectivity index (χ2v) is 7.30. The van der Waals surface area contributed by atoms with Gasteiger partial charge >= 0.3 is 0 Å². The lowest BCUT2D eigenvalue weighted by Gasteiger charge is -2.33. The molecule has 5 nitrogen and oxygen atoms in total. The van der Waals surface area contributed by atoms with E-state index in [1.807, 2.05) is 6.92 Å². The van der Waals surface area contributed by atoms with Crippen molar-refractivity contribution in [2.24, 2.45) is 0 Å². The second-order valence-electron chi connectivity index (χ2n) is 4.59. The second kappa shape index (κ2) is 7.23. The standard InChI is InChI=1S/C12H16BrFN2O3S.ClH/c1-8-7-15-3-4-16(8)20(17,18)12-6-10(14)9(13)5-11(12)19-2;/h5-6,8,15H,3-4,7H2,1-2H3;1H. The van der Waals surface area contributed by atoms with Crippen LogP contribution in [0.25, 0.3) is 0 Å². The third-order valence-corrected chi connectivity index (χ3v) is 5.88. The minimum atomic E-state index is -3.79. The van der Waals surface area contributed by atoms with Gasteiger partial charge in [0.15, 0.2) is 0 Å². The van der Waals surface area contributed by atoms with Crippen LogP contribution in [0.1, 0.15) is 6.92 Å². The summed E-state index contributed by atoms with van der Waals surface area (Å²) in [6, 6.07) is 2.13. The molecule has 1 aliphatic heterocycles. The van der Waals surface area contributed by atoms with Crippen molar-refractivity contribution in [3.63, 3.8) is 0 Å². The van der Waals surface area contributed by atoms with Gasteiger partial charge in [-0.15, -0.1) is 12.4 Å². The van der Waals surface area contributed by atoms with Gasteiger partial charge in [-0.25, -0.2) is 12.8 Å². The van der Waals surface area contributed by atoms with Crippen molar-refractivity contribution < 1.29 is 17.5 Å². The van der Waals surface area contributed by atoms with Crippen LogP contribution in [0.2, 0.25) is 0 Å². The normalized spacial score (nSPS) is 19.9. The first kappa shape index (κ1) is 18.6. The van der Waals surface area contributed by atoms with E-state index in [-0.39, 0.29) is 33.6 Å². The molecule has 21 heavy (non-hydrogen) atoms. The molecule has 9 heteroatoms. The number of sulfonamides is 1. The van der Waals surface area contributed by atoms with Gasteiger partial charge in [-0.1, -0.05) is 0 Å². The van der Waals surface area contributed by atoms with Crippen LogP contribution in [0.3, 0.4) is 0 Å². The number of hydrogen-bond acceptors (Lipinski definition) is 4. The van der Waals surface area contributed by atoms with Crippen LogP contribution in [-0.2, 0) is 10.0 Å². The number of nitrogens with one attached hydrogen (secondary N) is 1. The van der Waals surface area contributed by atoms with E-state index in [0.29, 0.717) is 19.6 Å². The summed E-state index contributed by atoms with van der Waals surface area (Å²) in [4.78, 5) is -0.144. The van der Waals surface area contributed by atoms with E-state index in [0.717, 1.165) is 6.07 Å². The quantitative estimate of drug-likeness (QED) is 0.839. The van der Waals surface area contributed by atoms with Crippen LogP contribution >= 0.6 is 28.3 Å². The molecule has 0 spiro atoms. The summed E-state index contributed by atoms with van der Waals surface area (Å²) in [5.41, 5.74) is 0. The van der Waals surface area contributed by atoms with Gasteiger partial charge in [-0.2, -0.15) is 4.31 Å². The van der Waals surface area contributed by atoms with Gasteiger partial charge in [0.2, 0.25) is 10.0 Å². The van der Waals surface area contributed by atoms with Crippen molar-refractivity contribution in [1.29, 1.82) is 0 Å². The molecule has 0 bridgehead atoms. The minimum Gasteiger partial charge on any atom is -0.495 e. The maximum atomic E-state index is 13.7. The maximum Gasteiger partial charge on any atom is 0.247 e. The van der Waals surface area contributed by atoms with Gasteiger partial charge in [-0.05, 0) is 35.0 Å². The molecule has 1 atom stereocenters. The number of methoxy groups -OCH3 is 1. The Morgan fingerprint density at radius 2 is 2.14 bits per heavy atom. The molecule has 1 aromatic carbocycles. The van der Waals surface area contributed by atoms with E-state index in [1.54, 1.807) is 0 Å². The molecule has 1 N–H and O–H groups in total. The highest BCUT2D eigenvalue weighted by atomic mass is 79.9. The van der Waals surface area contributed by atoms with Crippen LogP contribution in [0, 0.1) is 5.82 Å². The summed E-state index contributed by atoms with van der Waals surface area (Å²) in [5.74, 6) is -0.504. The SMILES string of the molecule is COc1cc(Br)c(F)cc1S(=O)(=O)N1CCNCC1C.Cl. The molecule has 1 unspecified atom stereocenters. The lowest BCUT2D eigenvalue weighted by Crippen LogP contribution is -2.52. The largest absolute Gasteiger partial charge is 0.495 e. The average Bonchev–Trinajstić information content (AvgIpc) is 2.41. The average molecular weight is 404 g/mol. The zero-order chi connectivity index (χ0) is 14.9. The zero-order valence-corrected chi connectivity index (χ0v) is 14.8. The Balaban J connectivity index is 0.00000220. The van der Waals surface area contributed by atoms with E-state index >= 15 is 0 Å². The highest BCUT2D eigenvalue weighted by Crippen LogP contribution is 2.32. The van der Waals surface area contributed by atoms with E-state index in [4.69, 9.17) is 4.74 Å². The van der Waals surface area contributed by atoms with Crippen LogP contribution in [0.15, 0.2) is 21.5 Å². The molecule has 0 amide bonds. The van der Waals surface area contributed by atoms with Crippen LogP contribution in [0.5, 0.6) is 5.75 Å². The molecule has 1 aromatic rings. The van der Waals surface area contributed by atoms with Crippen LogP contribution in [0.4, 0.5) is 4.39 Å². The Hall–Kier alpha value is -0.410. The fourth-order valence-corrected chi connectivity index (χ4v) is 4.28. The van der Waals surface area contributed by atoms with Crippen molar-refractivity contribution in [3.05, 3.63) is 22.4 Å². The van der Waals surface area contributed by atoms with Crippen LogP contribution in [-0.4, -0.2) is 45.5 Å². The molecule has 120 valence electrons. The van der Waals surface area contributed by atoms with Crippen molar-refractivity contribution in [1.82, 2.24) is 9.62 Å². The van der Waals surface area contributed by atoms with E-state index in [1.165, 1.54) is 17.5 Å². The Labute approximate surface area is 138 Å². The molecular formula is C12H17BrClFN2O3S. The molecule has 1 aliphatic rings. The number of halogens is 3. The fourth-order valence-electron chi connectivity index (χ4n) is 2.18. The molecule has 2 rings (SSSR count). The zero-order valence-electron chi connectivity index (χ0n) is 11.6. The van der Waals surface area contributed by atoms with Gasteiger partial charge in [-0.3, -0.25) is 0 Å². The smallest absolute Gasteiger partial charge is 0.247 e. The van der Waals surface area contributed by atoms with Gasteiger partial charge in [0.1, 0.15) is 16.5 Å². The Morgan fingerprint density at radius 3 is 2.71 bits per heavy atom. The first-order valence-corrected chi connectivity index (χ1v) is 8.37. The molecule has 0 radical (unpaired) electrons. The predicted octanol–water partition coefficient (Wildman–Crippen LogP) is 2.00. The molecule has 0 aliphatic carbocycles. The summed E-state index contributed by atoms with van der Waals surface area (Å²) in [6.07, 6.45) is 0. The lowest BCUT2D eigenvalue weighted by molar-refractivity contribution is 0.282. The number of rotatable bonds is 3. The monoisotopic (exact) mass is 402 g/mol. The highest BCUT2D eigenvalue weighted by molar-refractivity contribution is 9.10. The predicted molar refractivity (Wildman–Crippen MR) is 84.1 cm³/mol. The first-order valence-electron chi connectivity index (χ1n) is 6.13. The summed E-state index contributed by atoms with van der Waals surface area (Å²) >= 11 is 3.02. The highest BCUT2D eigenvalue weighted by Gasteiger charge is 2.33. The van der Waals surface area contributed by atoms with E-state index in [9.17, 15) is 12.8 Å². The first-order chi connectivity index (χ1) is 9.37. The minimum absolute atomic E-state index is 0. The molecule has 0 aromatic heterocycles. The number of nitrogens with zero attached hydrogens (tertiary/aromatic N) is 1. The third-order valence-electron chi connectivity index (χ3n) is 3.23. The van der Waals surface area contributed by atoms with Crippen molar-refractivity contribution in [3.8, 4) is 5.75 Å². The van der Waals surface area contributed by atoms with Gasteiger partial charge in [0, 0.05) is 25.7 Å². The Morgan fingerprint density at radius 1 is 1.48 bits per heavy atom. The van der Waals surface area contributed by atoms with E-state index < -0.39 is 15.8 Å². The number of benzene rings is 1. The molecular weight excluding hydrogens is 387 g/mol. The lowest BCUT2D eigenvalue weighted by atomic mass is 10.3. The number of hydrogen-bond donors (Lipinski definition) is 1. The Bertz CT molecular complexity index is 615. The molecule has 1 saturated heterocycles. The van der Waals surface area contributed by atoms with Gasteiger partial charge in [0.25, 0.3) is 0 Å². The summed E-state index contributed by atoms with van der Waals surface area (Å²) in [6.45, 7) is 3.31. The topological polar surface area (TPSA) is 58.6 Å². The molecule has 0 saturated carbocycles. The van der Waals surface area contributed by atoms with E-state index in [2.05, 4.69) is 21.2 Å². The molecule has 1 fully saturated rings.